The lowest BCUT2D eigenvalue weighted by Crippen LogP contribution is -2.39. The third kappa shape index (κ3) is 3.86. The molecule has 0 aliphatic rings. The normalized spacial score (nSPS) is 15.9. The molecule has 0 radical (unpaired) electrons. The Morgan fingerprint density at radius 1 is 1.29 bits per heavy atom. The molecule has 2 aromatic rings. The Hall–Kier alpha value is -0.870. The van der Waals surface area contributed by atoms with Crippen molar-refractivity contribution in [3.63, 3.8) is 0 Å². The Morgan fingerprint density at radius 3 is 2.62 bits per heavy atom. The van der Waals surface area contributed by atoms with Gasteiger partial charge in [-0.25, -0.2) is 0 Å². The summed E-state index contributed by atoms with van der Waals surface area (Å²) in [6, 6.07) is 12.9. The van der Waals surface area contributed by atoms with Crippen LogP contribution in [0, 0.1) is 0 Å². The Bertz CT molecular complexity index is 556. The van der Waals surface area contributed by atoms with E-state index < -0.39 is 0 Å². The minimum Gasteiger partial charge on any atom is -0.326 e. The third-order valence-corrected chi connectivity index (χ3v) is 5.35. The van der Waals surface area contributed by atoms with Crippen LogP contribution in [-0.2, 0) is 0 Å². The summed E-state index contributed by atoms with van der Waals surface area (Å²) in [6.45, 7) is 4.36. The SMILES string of the molecule is CCC(N)C(c1cccc(Cl)c1)N(C)C(C)c1cccs1. The first kappa shape index (κ1) is 16.5. The van der Waals surface area contributed by atoms with Crippen molar-refractivity contribution in [3.8, 4) is 0 Å². The molecule has 2 nitrogen and oxygen atoms in total. The molecule has 1 aromatic carbocycles. The molecular weight excluding hydrogens is 300 g/mol. The minimum absolute atomic E-state index is 0.0795. The van der Waals surface area contributed by atoms with Crippen LogP contribution in [0.2, 0.25) is 5.02 Å². The number of halogens is 1. The Balaban J connectivity index is 2.31. The fourth-order valence-electron chi connectivity index (χ4n) is 2.67. The lowest BCUT2D eigenvalue weighted by atomic mass is 9.95. The van der Waals surface area contributed by atoms with E-state index in [4.69, 9.17) is 17.3 Å². The van der Waals surface area contributed by atoms with Crippen molar-refractivity contribution < 1.29 is 0 Å². The largest absolute Gasteiger partial charge is 0.326 e. The van der Waals surface area contributed by atoms with Gasteiger partial charge >= 0.3 is 0 Å². The average Bonchev–Trinajstić information content (AvgIpc) is 3.00. The van der Waals surface area contributed by atoms with E-state index >= 15 is 0 Å². The van der Waals surface area contributed by atoms with Crippen molar-refractivity contribution in [1.82, 2.24) is 4.90 Å². The number of hydrogen-bond donors (Lipinski definition) is 1. The number of nitrogens with two attached hydrogens (primary N) is 1. The number of benzene rings is 1. The van der Waals surface area contributed by atoms with Crippen LogP contribution in [0.1, 0.15) is 42.8 Å². The number of hydrogen-bond acceptors (Lipinski definition) is 3. The fraction of sp³-hybridized carbons (Fsp3) is 0.412. The number of nitrogens with zero attached hydrogens (tertiary/aromatic N) is 1. The van der Waals surface area contributed by atoms with Crippen LogP contribution in [0.15, 0.2) is 41.8 Å². The van der Waals surface area contributed by atoms with Crippen molar-refractivity contribution in [2.24, 2.45) is 5.73 Å². The minimum atomic E-state index is 0.0795. The highest BCUT2D eigenvalue weighted by Crippen LogP contribution is 2.34. The first-order valence-electron chi connectivity index (χ1n) is 7.31. The molecule has 0 aliphatic heterocycles. The van der Waals surface area contributed by atoms with Crippen molar-refractivity contribution >= 4 is 22.9 Å². The van der Waals surface area contributed by atoms with Crippen molar-refractivity contribution in [2.45, 2.75) is 38.4 Å². The van der Waals surface area contributed by atoms with E-state index in [0.717, 1.165) is 11.4 Å². The summed E-state index contributed by atoms with van der Waals surface area (Å²) < 4.78 is 0. The first-order chi connectivity index (χ1) is 10.0. The number of rotatable bonds is 6. The Morgan fingerprint density at radius 2 is 2.05 bits per heavy atom. The number of likely N-dealkylation sites (N-methyl/N-ethyl adjacent to an activating group) is 1. The summed E-state index contributed by atoms with van der Waals surface area (Å²) in [5.74, 6) is 0. The highest BCUT2D eigenvalue weighted by molar-refractivity contribution is 7.10. The molecule has 0 fully saturated rings. The van der Waals surface area contributed by atoms with Gasteiger partial charge in [0, 0.05) is 22.0 Å². The maximum atomic E-state index is 6.41. The van der Waals surface area contributed by atoms with Crippen LogP contribution in [0.3, 0.4) is 0 Å². The van der Waals surface area contributed by atoms with Gasteiger partial charge in [-0.3, -0.25) is 4.90 Å². The second kappa shape index (κ2) is 7.41. The molecule has 0 spiro atoms. The molecule has 0 bridgehead atoms. The molecular formula is C17H23ClN2S. The van der Waals surface area contributed by atoms with Gasteiger partial charge in [0.1, 0.15) is 0 Å². The van der Waals surface area contributed by atoms with Crippen LogP contribution in [0.5, 0.6) is 0 Å². The topological polar surface area (TPSA) is 29.3 Å². The van der Waals surface area contributed by atoms with Crippen molar-refractivity contribution in [1.29, 1.82) is 0 Å². The highest BCUT2D eigenvalue weighted by atomic mass is 35.5. The lowest BCUT2D eigenvalue weighted by Gasteiger charge is -2.36. The highest BCUT2D eigenvalue weighted by Gasteiger charge is 2.27. The molecule has 2 rings (SSSR count). The molecule has 1 aromatic heterocycles. The van der Waals surface area contributed by atoms with Crippen LogP contribution in [0.25, 0.3) is 0 Å². The van der Waals surface area contributed by atoms with E-state index in [1.807, 2.05) is 18.2 Å². The van der Waals surface area contributed by atoms with Crippen molar-refractivity contribution in [3.05, 3.63) is 57.2 Å². The van der Waals surface area contributed by atoms with E-state index in [-0.39, 0.29) is 12.1 Å². The molecule has 3 atom stereocenters. The second-order valence-corrected chi connectivity index (χ2v) is 6.84. The summed E-state index contributed by atoms with van der Waals surface area (Å²) in [5.41, 5.74) is 7.59. The summed E-state index contributed by atoms with van der Waals surface area (Å²) in [7, 11) is 2.14. The lowest BCUT2D eigenvalue weighted by molar-refractivity contribution is 0.161. The molecule has 2 N–H and O–H groups in total. The molecule has 1 heterocycles. The quantitative estimate of drug-likeness (QED) is 0.821. The van der Waals surface area contributed by atoms with E-state index in [1.54, 1.807) is 11.3 Å². The van der Waals surface area contributed by atoms with Gasteiger partial charge in [0.2, 0.25) is 0 Å². The fourth-order valence-corrected chi connectivity index (χ4v) is 3.70. The van der Waals surface area contributed by atoms with Crippen molar-refractivity contribution in [2.75, 3.05) is 7.05 Å². The van der Waals surface area contributed by atoms with E-state index in [2.05, 4.69) is 49.4 Å². The summed E-state index contributed by atoms with van der Waals surface area (Å²) in [5, 5.41) is 2.88. The van der Waals surface area contributed by atoms with E-state index in [1.165, 1.54) is 10.4 Å². The van der Waals surface area contributed by atoms with Crippen LogP contribution in [-0.4, -0.2) is 18.0 Å². The molecule has 0 saturated heterocycles. The zero-order valence-electron chi connectivity index (χ0n) is 12.8. The van der Waals surface area contributed by atoms with Gasteiger partial charge in [0.25, 0.3) is 0 Å². The zero-order chi connectivity index (χ0) is 15.4. The molecule has 0 aliphatic carbocycles. The van der Waals surface area contributed by atoms with Gasteiger partial charge in [-0.15, -0.1) is 11.3 Å². The zero-order valence-corrected chi connectivity index (χ0v) is 14.4. The molecule has 4 heteroatoms. The summed E-state index contributed by atoms with van der Waals surface area (Å²) in [4.78, 5) is 3.71. The maximum absolute atomic E-state index is 6.41. The van der Waals surface area contributed by atoms with Gasteiger partial charge in [0.15, 0.2) is 0 Å². The van der Waals surface area contributed by atoms with Crippen LogP contribution >= 0.6 is 22.9 Å². The second-order valence-electron chi connectivity index (χ2n) is 5.43. The number of thiophene rings is 1. The summed E-state index contributed by atoms with van der Waals surface area (Å²) >= 11 is 7.95. The van der Waals surface area contributed by atoms with Crippen LogP contribution < -0.4 is 5.73 Å². The van der Waals surface area contributed by atoms with Gasteiger partial charge in [-0.1, -0.05) is 36.7 Å². The first-order valence-corrected chi connectivity index (χ1v) is 8.56. The molecule has 21 heavy (non-hydrogen) atoms. The smallest absolute Gasteiger partial charge is 0.0502 e. The van der Waals surface area contributed by atoms with E-state index in [9.17, 15) is 0 Å². The van der Waals surface area contributed by atoms with E-state index in [0.29, 0.717) is 6.04 Å². The average molecular weight is 323 g/mol. The Kier molecular flexibility index (Phi) is 5.82. The predicted molar refractivity (Wildman–Crippen MR) is 93.0 cm³/mol. The Labute approximate surface area is 136 Å². The molecule has 0 saturated carbocycles. The predicted octanol–water partition coefficient (Wildman–Crippen LogP) is 4.87. The molecule has 0 amide bonds. The standard InChI is InChI=1S/C17H23ClN2S/c1-4-15(19)17(13-7-5-8-14(18)11-13)20(3)12(2)16-9-6-10-21-16/h5-12,15,17H,4,19H2,1-3H3. The molecule has 3 unspecified atom stereocenters. The van der Waals surface area contributed by atoms with Gasteiger partial charge in [-0.2, -0.15) is 0 Å². The van der Waals surface area contributed by atoms with Gasteiger partial charge in [-0.05, 0) is 49.5 Å². The monoisotopic (exact) mass is 322 g/mol. The molecule has 114 valence electrons. The maximum Gasteiger partial charge on any atom is 0.0502 e. The van der Waals surface area contributed by atoms with Gasteiger partial charge in [0.05, 0.1) is 6.04 Å². The summed E-state index contributed by atoms with van der Waals surface area (Å²) in [6.07, 6.45) is 0.929. The van der Waals surface area contributed by atoms with Gasteiger partial charge < -0.3 is 5.73 Å². The third-order valence-electron chi connectivity index (χ3n) is 4.07. The van der Waals surface area contributed by atoms with Crippen LogP contribution in [0.4, 0.5) is 0 Å².